The number of hydrogen-bond acceptors (Lipinski definition) is 6. The topological polar surface area (TPSA) is 116 Å². The van der Waals surface area contributed by atoms with E-state index in [0.717, 1.165) is 0 Å². The number of aromatic carboxylic acids is 1. The number of para-hydroxylation sites is 2. The number of nitrogens with zero attached hydrogens (tertiary/aromatic N) is 1. The summed E-state index contributed by atoms with van der Waals surface area (Å²) >= 11 is 0. The summed E-state index contributed by atoms with van der Waals surface area (Å²) in [6, 6.07) is 14.7. The van der Waals surface area contributed by atoms with E-state index in [4.69, 9.17) is 9.15 Å². The number of nitrogens with one attached hydrogen (secondary N) is 2. The molecule has 2 amide bonds. The number of amides is 2. The highest BCUT2D eigenvalue weighted by Crippen LogP contribution is 2.24. The standard InChI is InChI=1S/C21H19N3O5/c1-13-7-8-14(11-16(13)20(25)26)18-10-9-15(29-18)12-22-24-21(27)23-17-5-3-4-6-19(17)28-2/h3-12H,1-2H3,(H,25,26)(H2,23,24,27)/p-1/b22-12+. The van der Waals surface area contributed by atoms with Crippen molar-refractivity contribution in [2.24, 2.45) is 5.10 Å². The molecule has 0 saturated heterocycles. The molecule has 0 radical (unpaired) electrons. The molecule has 0 aliphatic heterocycles. The van der Waals surface area contributed by atoms with Gasteiger partial charge in [0, 0.05) is 11.1 Å². The second-order valence-corrected chi connectivity index (χ2v) is 6.04. The fourth-order valence-corrected chi connectivity index (χ4v) is 2.63. The van der Waals surface area contributed by atoms with Crippen molar-refractivity contribution in [1.82, 2.24) is 5.43 Å². The molecule has 0 aliphatic rings. The molecular weight excluding hydrogens is 374 g/mol. The number of rotatable bonds is 6. The Morgan fingerprint density at radius 2 is 1.93 bits per heavy atom. The summed E-state index contributed by atoms with van der Waals surface area (Å²) in [7, 11) is 1.51. The molecule has 8 nitrogen and oxygen atoms in total. The van der Waals surface area contributed by atoms with E-state index in [1.807, 2.05) is 0 Å². The molecule has 2 N–H and O–H groups in total. The number of hydrazone groups is 1. The van der Waals surface area contributed by atoms with Crippen LogP contribution in [0.4, 0.5) is 10.5 Å². The van der Waals surface area contributed by atoms with Gasteiger partial charge in [-0.2, -0.15) is 5.10 Å². The van der Waals surface area contributed by atoms with Gasteiger partial charge in [-0.05, 0) is 42.8 Å². The molecule has 1 aromatic heterocycles. The number of anilines is 1. The zero-order chi connectivity index (χ0) is 20.8. The Morgan fingerprint density at radius 1 is 1.14 bits per heavy atom. The molecule has 8 heteroatoms. The Bertz CT molecular complexity index is 1070. The minimum atomic E-state index is -1.25. The normalized spacial score (nSPS) is 10.7. The molecule has 148 valence electrons. The van der Waals surface area contributed by atoms with Crippen LogP contribution in [0.2, 0.25) is 0 Å². The lowest BCUT2D eigenvalue weighted by atomic mass is 10.0. The number of carboxylic acids is 1. The van der Waals surface area contributed by atoms with Crippen LogP contribution in [0.3, 0.4) is 0 Å². The first kappa shape index (κ1) is 19.7. The zero-order valence-electron chi connectivity index (χ0n) is 15.8. The molecule has 2 aromatic carbocycles. The molecule has 29 heavy (non-hydrogen) atoms. The quantitative estimate of drug-likeness (QED) is 0.494. The number of furan rings is 1. The Kier molecular flexibility index (Phi) is 5.94. The second-order valence-electron chi connectivity index (χ2n) is 6.04. The molecule has 3 aromatic rings. The third-order valence-corrected chi connectivity index (χ3v) is 4.08. The first-order valence-electron chi connectivity index (χ1n) is 8.63. The summed E-state index contributed by atoms with van der Waals surface area (Å²) in [5.41, 5.74) is 4.13. The Morgan fingerprint density at radius 3 is 2.69 bits per heavy atom. The summed E-state index contributed by atoms with van der Waals surface area (Å²) in [5.74, 6) is 0.125. The second kappa shape index (κ2) is 8.75. The van der Waals surface area contributed by atoms with E-state index in [0.29, 0.717) is 34.1 Å². The highest BCUT2D eigenvalue weighted by molar-refractivity contribution is 5.92. The van der Waals surface area contributed by atoms with E-state index in [1.54, 1.807) is 55.5 Å². The lowest BCUT2D eigenvalue weighted by Gasteiger charge is -2.08. The monoisotopic (exact) mass is 392 g/mol. The van der Waals surface area contributed by atoms with Crippen LogP contribution in [0.25, 0.3) is 11.3 Å². The van der Waals surface area contributed by atoms with Crippen LogP contribution in [0.5, 0.6) is 5.75 Å². The molecule has 0 spiro atoms. The van der Waals surface area contributed by atoms with E-state index in [2.05, 4.69) is 15.8 Å². The van der Waals surface area contributed by atoms with Crippen LogP contribution in [-0.4, -0.2) is 25.3 Å². The summed E-state index contributed by atoms with van der Waals surface area (Å²) in [6.45, 7) is 1.69. The van der Waals surface area contributed by atoms with E-state index >= 15 is 0 Å². The van der Waals surface area contributed by atoms with E-state index in [9.17, 15) is 14.7 Å². The van der Waals surface area contributed by atoms with Gasteiger partial charge in [0.2, 0.25) is 0 Å². The minimum Gasteiger partial charge on any atom is -0.545 e. The van der Waals surface area contributed by atoms with E-state index in [1.165, 1.54) is 19.4 Å². The SMILES string of the molecule is COc1ccccc1NC(=O)N/N=C/c1ccc(-c2ccc(C)c(C(=O)[O-])c2)o1. The summed E-state index contributed by atoms with van der Waals surface area (Å²) in [5, 5.41) is 17.6. The van der Waals surface area contributed by atoms with Gasteiger partial charge in [-0.25, -0.2) is 10.2 Å². The molecule has 0 aliphatic carbocycles. The highest BCUT2D eigenvalue weighted by atomic mass is 16.5. The molecule has 0 bridgehead atoms. The van der Waals surface area contributed by atoms with Crippen LogP contribution in [0, 0.1) is 6.92 Å². The van der Waals surface area contributed by atoms with Gasteiger partial charge < -0.3 is 24.4 Å². The average Bonchev–Trinajstić information content (AvgIpc) is 3.17. The number of hydrogen-bond donors (Lipinski definition) is 2. The number of benzene rings is 2. The molecule has 1 heterocycles. The Hall–Kier alpha value is -4.07. The number of carboxylic acid groups (broad SMARTS) is 1. The lowest BCUT2D eigenvalue weighted by molar-refractivity contribution is -0.255. The molecule has 0 fully saturated rings. The Labute approximate surface area is 166 Å². The largest absolute Gasteiger partial charge is 0.545 e. The van der Waals surface area contributed by atoms with Crippen molar-refractivity contribution >= 4 is 23.9 Å². The van der Waals surface area contributed by atoms with Gasteiger partial charge in [-0.15, -0.1) is 0 Å². The summed E-state index contributed by atoms with van der Waals surface area (Å²) in [6.07, 6.45) is 1.33. The highest BCUT2D eigenvalue weighted by Gasteiger charge is 2.08. The van der Waals surface area contributed by atoms with Crippen molar-refractivity contribution in [3.8, 4) is 17.1 Å². The predicted molar refractivity (Wildman–Crippen MR) is 106 cm³/mol. The van der Waals surface area contributed by atoms with Gasteiger partial charge in [0.05, 0.1) is 25.0 Å². The third kappa shape index (κ3) is 4.81. The summed E-state index contributed by atoms with van der Waals surface area (Å²) < 4.78 is 10.8. The summed E-state index contributed by atoms with van der Waals surface area (Å²) in [4.78, 5) is 23.1. The van der Waals surface area contributed by atoms with Crippen molar-refractivity contribution in [3.63, 3.8) is 0 Å². The van der Waals surface area contributed by atoms with Gasteiger partial charge in [0.1, 0.15) is 17.3 Å². The van der Waals surface area contributed by atoms with Gasteiger partial charge in [-0.1, -0.05) is 24.3 Å². The van der Waals surface area contributed by atoms with Crippen molar-refractivity contribution in [2.75, 3.05) is 12.4 Å². The number of methoxy groups -OCH3 is 1. The fourth-order valence-electron chi connectivity index (χ4n) is 2.63. The zero-order valence-corrected chi connectivity index (χ0v) is 15.8. The van der Waals surface area contributed by atoms with Crippen molar-refractivity contribution in [1.29, 1.82) is 0 Å². The molecule has 0 saturated carbocycles. The fraction of sp³-hybridized carbons (Fsp3) is 0.0952. The van der Waals surface area contributed by atoms with E-state index < -0.39 is 12.0 Å². The maximum absolute atomic E-state index is 11.9. The smallest absolute Gasteiger partial charge is 0.339 e. The number of urea groups is 1. The average molecular weight is 392 g/mol. The van der Waals surface area contributed by atoms with Crippen molar-refractivity contribution in [3.05, 3.63) is 71.5 Å². The number of carbonyl (C=O) groups is 2. The van der Waals surface area contributed by atoms with Gasteiger partial charge >= 0.3 is 6.03 Å². The predicted octanol–water partition coefficient (Wildman–Crippen LogP) is 2.78. The minimum absolute atomic E-state index is 0.101. The third-order valence-electron chi connectivity index (χ3n) is 4.08. The molecule has 3 rings (SSSR count). The Balaban J connectivity index is 1.64. The van der Waals surface area contributed by atoms with Crippen LogP contribution in [-0.2, 0) is 0 Å². The maximum atomic E-state index is 11.9. The van der Waals surface area contributed by atoms with Crippen LogP contribution in [0.15, 0.2) is 64.1 Å². The van der Waals surface area contributed by atoms with Crippen LogP contribution in [0.1, 0.15) is 21.7 Å². The molecular formula is C21H18N3O5-. The van der Waals surface area contributed by atoms with Crippen LogP contribution < -0.4 is 20.6 Å². The number of aryl methyl sites for hydroxylation is 1. The van der Waals surface area contributed by atoms with E-state index in [-0.39, 0.29) is 5.56 Å². The first-order valence-corrected chi connectivity index (χ1v) is 8.63. The van der Waals surface area contributed by atoms with Crippen LogP contribution >= 0.6 is 0 Å². The van der Waals surface area contributed by atoms with Crippen molar-refractivity contribution < 1.29 is 23.8 Å². The van der Waals surface area contributed by atoms with Crippen molar-refractivity contribution in [2.45, 2.75) is 6.92 Å². The van der Waals surface area contributed by atoms with Gasteiger partial charge in [0.15, 0.2) is 0 Å². The molecule has 0 unspecified atom stereocenters. The van der Waals surface area contributed by atoms with Gasteiger partial charge in [-0.3, -0.25) is 0 Å². The van der Waals surface area contributed by atoms with Gasteiger partial charge in [0.25, 0.3) is 0 Å². The maximum Gasteiger partial charge on any atom is 0.339 e. The number of carbonyl (C=O) groups excluding carboxylic acids is 2. The number of ether oxygens (including phenoxy) is 1. The lowest BCUT2D eigenvalue weighted by Crippen LogP contribution is -2.24. The first-order chi connectivity index (χ1) is 14.0. The molecule has 0 atom stereocenters.